The number of fused-ring (bicyclic) bond motifs is 3. The Kier molecular flexibility index (Phi) is 15.4. The fourth-order valence-corrected chi connectivity index (χ4v) is 11.5. The van der Waals surface area contributed by atoms with Crippen molar-refractivity contribution in [3.05, 3.63) is 148 Å². The van der Waals surface area contributed by atoms with Gasteiger partial charge < -0.3 is 24.8 Å². The van der Waals surface area contributed by atoms with Crippen molar-refractivity contribution in [2.45, 2.75) is 144 Å². The molecular formula is C58H72Cl2Zr-2. The third-order valence-corrected chi connectivity index (χ3v) is 15.5. The fraction of sp³-hybridized carbons (Fsp3) is 0.483. The molecule has 0 aliphatic heterocycles. The Bertz CT molecular complexity index is 2180. The largest absolute Gasteiger partial charge is 1.00 e. The van der Waals surface area contributed by atoms with Crippen LogP contribution in [0, 0.1) is 41.6 Å². The average molecular weight is 931 g/mol. The van der Waals surface area contributed by atoms with Crippen LogP contribution in [0.25, 0.3) is 21.5 Å². The predicted molar refractivity (Wildman–Crippen MR) is 254 cm³/mol. The molecule has 5 aromatic carbocycles. The molecule has 10 rings (SSSR count). The summed E-state index contributed by atoms with van der Waals surface area (Å²) in [7, 11) is 0. The molecule has 5 aliphatic carbocycles. The van der Waals surface area contributed by atoms with Crippen LogP contribution in [0.3, 0.4) is 0 Å². The zero-order valence-electron chi connectivity index (χ0n) is 39.6. The topological polar surface area (TPSA) is 0 Å². The zero-order chi connectivity index (χ0) is 42.7. The van der Waals surface area contributed by atoms with Gasteiger partial charge in [-0.1, -0.05) is 95.7 Å². The SMILES string of the molecule is CC(C)(C)c1ccc([C](=[Zr+2])c2ccc(C(C)(C)C)cc2)cc1.CC(C)(C)c1ccc2c(c1)[cH-]c1cc(C(C)(C)C)ccc12.CC1[C-]=CC(C2C3CC4CC(C3)CC2C4)=C1.[Cl-].[Cl-]. The van der Waals surface area contributed by atoms with Crippen molar-refractivity contribution in [2.75, 3.05) is 0 Å². The fourth-order valence-electron chi connectivity index (χ4n) is 10.7. The second-order valence-corrected chi connectivity index (χ2v) is 24.2. The van der Waals surface area contributed by atoms with E-state index in [1.807, 2.05) is 0 Å². The first-order valence-corrected chi connectivity index (χ1v) is 24.0. The van der Waals surface area contributed by atoms with Crippen LogP contribution in [0.4, 0.5) is 0 Å². The van der Waals surface area contributed by atoms with E-state index in [1.165, 1.54) is 108 Å². The van der Waals surface area contributed by atoms with Gasteiger partial charge in [-0.05, 0) is 66.6 Å². The van der Waals surface area contributed by atoms with Crippen LogP contribution in [0.1, 0.15) is 155 Å². The van der Waals surface area contributed by atoms with Crippen molar-refractivity contribution in [2.24, 2.45) is 35.5 Å². The van der Waals surface area contributed by atoms with Gasteiger partial charge in [0.05, 0.1) is 0 Å². The Morgan fingerprint density at radius 3 is 1.21 bits per heavy atom. The second-order valence-electron chi connectivity index (χ2n) is 23.0. The minimum Gasteiger partial charge on any atom is -1.00 e. The monoisotopic (exact) mass is 928 g/mol. The van der Waals surface area contributed by atoms with E-state index in [9.17, 15) is 0 Å². The Balaban J connectivity index is 0.000000172. The third kappa shape index (κ3) is 11.5. The van der Waals surface area contributed by atoms with E-state index in [-0.39, 0.29) is 46.5 Å². The smallest absolute Gasteiger partial charge is 0.0202 e. The summed E-state index contributed by atoms with van der Waals surface area (Å²) >= 11 is 1.46. The van der Waals surface area contributed by atoms with Gasteiger partial charge in [0.2, 0.25) is 0 Å². The van der Waals surface area contributed by atoms with Crippen LogP contribution in [0.2, 0.25) is 0 Å². The number of allylic oxidation sites excluding steroid dienone is 4. The summed E-state index contributed by atoms with van der Waals surface area (Å²) in [6.07, 6.45) is 16.0. The minimum atomic E-state index is 0. The number of hydrogen-bond acceptors (Lipinski definition) is 0. The molecule has 4 fully saturated rings. The van der Waals surface area contributed by atoms with Gasteiger partial charge in [-0.3, -0.25) is 6.08 Å². The van der Waals surface area contributed by atoms with Gasteiger partial charge in [-0.25, -0.2) is 6.08 Å². The molecule has 5 aromatic rings. The van der Waals surface area contributed by atoms with E-state index >= 15 is 0 Å². The molecule has 0 N–H and O–H groups in total. The van der Waals surface area contributed by atoms with Gasteiger partial charge in [0.15, 0.2) is 0 Å². The van der Waals surface area contributed by atoms with Crippen molar-refractivity contribution in [3.8, 4) is 0 Å². The molecule has 324 valence electrons. The molecule has 0 radical (unpaired) electrons. The van der Waals surface area contributed by atoms with Crippen molar-refractivity contribution in [3.63, 3.8) is 0 Å². The van der Waals surface area contributed by atoms with Crippen molar-refractivity contribution < 1.29 is 49.0 Å². The number of rotatable bonds is 3. The van der Waals surface area contributed by atoms with Gasteiger partial charge in [-0.15, -0.1) is 39.7 Å². The first-order valence-electron chi connectivity index (χ1n) is 22.8. The molecule has 0 amide bonds. The third-order valence-electron chi connectivity index (χ3n) is 14.1. The van der Waals surface area contributed by atoms with E-state index in [0.29, 0.717) is 5.92 Å². The number of benzene rings is 4. The molecule has 0 aromatic heterocycles. The maximum absolute atomic E-state index is 3.46. The van der Waals surface area contributed by atoms with Crippen LogP contribution in [-0.2, 0) is 45.9 Å². The van der Waals surface area contributed by atoms with Crippen LogP contribution in [0.15, 0.2) is 109 Å². The zero-order valence-corrected chi connectivity index (χ0v) is 43.5. The summed E-state index contributed by atoms with van der Waals surface area (Å²) < 4.78 is 1.42. The summed E-state index contributed by atoms with van der Waals surface area (Å²) in [5, 5.41) is 5.48. The first kappa shape index (κ1) is 49.6. The van der Waals surface area contributed by atoms with Crippen LogP contribution in [-0.4, -0.2) is 3.21 Å². The van der Waals surface area contributed by atoms with Crippen molar-refractivity contribution in [1.82, 2.24) is 0 Å². The van der Waals surface area contributed by atoms with Crippen LogP contribution >= 0.6 is 0 Å². The van der Waals surface area contributed by atoms with Gasteiger partial charge >= 0.3 is 151 Å². The quantitative estimate of drug-likeness (QED) is 0.158. The van der Waals surface area contributed by atoms with Gasteiger partial charge in [0.1, 0.15) is 0 Å². The molecule has 0 heterocycles. The molecule has 0 saturated heterocycles. The van der Waals surface area contributed by atoms with E-state index < -0.39 is 0 Å². The molecule has 1 atom stereocenters. The molecule has 4 saturated carbocycles. The molecule has 0 nitrogen and oxygen atoms in total. The summed E-state index contributed by atoms with van der Waals surface area (Å²) in [5.41, 5.74) is 10.8. The molecular weight excluding hydrogens is 859 g/mol. The summed E-state index contributed by atoms with van der Waals surface area (Å²) in [6.45, 7) is 29.5. The van der Waals surface area contributed by atoms with Gasteiger partial charge in [0.25, 0.3) is 0 Å². The minimum absolute atomic E-state index is 0. The van der Waals surface area contributed by atoms with E-state index in [0.717, 1.165) is 29.6 Å². The van der Waals surface area contributed by atoms with Crippen molar-refractivity contribution >= 4 is 24.8 Å². The average Bonchev–Trinajstić information content (AvgIpc) is 3.75. The molecule has 5 aliphatic rings. The Hall–Kier alpha value is -2.44. The molecule has 4 bridgehead atoms. The van der Waals surface area contributed by atoms with Crippen molar-refractivity contribution in [1.29, 1.82) is 0 Å². The van der Waals surface area contributed by atoms with Gasteiger partial charge in [-0.2, -0.15) is 11.6 Å². The maximum Gasteiger partial charge on any atom is -0.0202 e. The van der Waals surface area contributed by atoms with Crippen LogP contribution in [0.5, 0.6) is 0 Å². The summed E-state index contributed by atoms with van der Waals surface area (Å²) in [4.78, 5) is 0. The molecule has 0 spiro atoms. The molecule has 1 unspecified atom stereocenters. The van der Waals surface area contributed by atoms with E-state index in [2.05, 4.69) is 199 Å². The predicted octanol–water partition coefficient (Wildman–Crippen LogP) is 9.71. The summed E-state index contributed by atoms with van der Waals surface area (Å²) in [5.74, 6) is 5.77. The standard InChI is InChI=1S/C21H25.C21H26.C16H21.2ClH.Zr/c1-20(2,3)16-7-9-18-14(12-16)11-15-13-17(21(4,5)6)8-10-19(15)18;1-20(2,3)18-11-7-16(8-12-18)15-17-9-13-19(14-10-17)21(4,5)6;1-10-2-3-13(4-10)16-14-6-11-5-12(8-14)9-15(16)7-11;;;/h7-13H,1-6H3;7-14H,1-6H3;3-4,10-12,14-16H,5-9H2,1H3;2*1H;/q-1;;-1;;;+2/p-2. The van der Waals surface area contributed by atoms with Crippen LogP contribution < -0.4 is 24.8 Å². The Morgan fingerprint density at radius 2 is 0.885 bits per heavy atom. The van der Waals surface area contributed by atoms with E-state index in [4.69, 9.17) is 0 Å². The second kappa shape index (κ2) is 19.0. The molecule has 3 heteroatoms. The summed E-state index contributed by atoms with van der Waals surface area (Å²) in [6, 6.07) is 34.3. The first-order chi connectivity index (χ1) is 27.5. The normalized spacial score (nSPS) is 23.0. The Morgan fingerprint density at radius 1 is 0.525 bits per heavy atom. The number of hydrogen-bond donors (Lipinski definition) is 0. The number of halogens is 2. The molecule has 61 heavy (non-hydrogen) atoms. The maximum atomic E-state index is 3.46. The van der Waals surface area contributed by atoms with E-state index in [1.54, 1.807) is 12.0 Å². The van der Waals surface area contributed by atoms with Gasteiger partial charge in [0, 0.05) is 0 Å². The Labute approximate surface area is 398 Å².